The molecule has 0 aliphatic heterocycles. The quantitative estimate of drug-likeness (QED) is 0.718. The third-order valence-corrected chi connectivity index (χ3v) is 1.88. The molecule has 1 aromatic heterocycles. The molecule has 0 spiro atoms. The van der Waals surface area contributed by atoms with Crippen molar-refractivity contribution in [3.8, 4) is 0 Å². The Bertz CT molecular complexity index is 149. The maximum Gasteiger partial charge on any atom is 0.0879 e. The molecule has 1 aromatic rings. The molecule has 64 valence electrons. The zero-order valence-electron chi connectivity index (χ0n) is 7.00. The molecule has 0 amide bonds. The molecular formula is C8H15NOS. The fourth-order valence-electron chi connectivity index (χ4n) is 0.421. The van der Waals surface area contributed by atoms with Gasteiger partial charge in [0.2, 0.25) is 0 Å². The Hall–Kier alpha value is -0.540. The molecule has 0 unspecified atom stereocenters. The van der Waals surface area contributed by atoms with Crippen molar-refractivity contribution >= 4 is 16.3 Å². The van der Waals surface area contributed by atoms with Gasteiger partial charge in [-0.15, -0.1) is 11.3 Å². The molecule has 1 rings (SSSR count). The van der Waals surface area contributed by atoms with E-state index in [-0.39, 0.29) is 0 Å². The zero-order valence-corrected chi connectivity index (χ0v) is 7.82. The minimum atomic E-state index is 0.319. The molecule has 2 N–H and O–H groups in total. The monoisotopic (exact) mass is 173 g/mol. The summed E-state index contributed by atoms with van der Waals surface area (Å²) in [7, 11) is 1.92. The van der Waals surface area contributed by atoms with Gasteiger partial charge in [0.25, 0.3) is 0 Å². The van der Waals surface area contributed by atoms with Crippen LogP contribution in [0, 0.1) is 0 Å². The highest BCUT2D eigenvalue weighted by Crippen LogP contribution is 2.12. The van der Waals surface area contributed by atoms with Crippen LogP contribution >= 0.6 is 11.3 Å². The number of rotatable bonds is 2. The van der Waals surface area contributed by atoms with Crippen molar-refractivity contribution in [2.75, 3.05) is 19.0 Å². The molecule has 0 bridgehead atoms. The lowest BCUT2D eigenvalue weighted by Crippen LogP contribution is -1.79. The van der Waals surface area contributed by atoms with Gasteiger partial charge in [-0.1, -0.05) is 6.92 Å². The lowest BCUT2D eigenvalue weighted by molar-refractivity contribution is 0.295. The van der Waals surface area contributed by atoms with Crippen molar-refractivity contribution in [1.82, 2.24) is 0 Å². The van der Waals surface area contributed by atoms with Gasteiger partial charge < -0.3 is 10.4 Å². The molecule has 0 aliphatic rings. The maximum absolute atomic E-state index is 7.88. The summed E-state index contributed by atoms with van der Waals surface area (Å²) in [5.41, 5.74) is 0. The molecule has 0 aliphatic carbocycles. The Labute approximate surface area is 71.9 Å². The standard InChI is InChI=1S/C5H7NS.C3H8O/c1-6-5-3-2-4-7-5;1-2-3-4/h2-4,6H,1H3;4H,2-3H2,1H3. The molecule has 0 saturated carbocycles. The molecule has 0 atom stereocenters. The van der Waals surface area contributed by atoms with E-state index < -0.39 is 0 Å². The van der Waals surface area contributed by atoms with Crippen LogP contribution in [0.4, 0.5) is 5.00 Å². The van der Waals surface area contributed by atoms with Gasteiger partial charge in [0.15, 0.2) is 0 Å². The fraction of sp³-hybridized carbons (Fsp3) is 0.500. The minimum Gasteiger partial charge on any atom is -0.396 e. The van der Waals surface area contributed by atoms with Crippen molar-refractivity contribution in [3.05, 3.63) is 17.5 Å². The van der Waals surface area contributed by atoms with Crippen LogP contribution in [0.5, 0.6) is 0 Å². The first-order chi connectivity index (χ1) is 5.35. The van der Waals surface area contributed by atoms with Crippen LogP contribution in [0.2, 0.25) is 0 Å². The summed E-state index contributed by atoms with van der Waals surface area (Å²) in [6.07, 6.45) is 0.875. The van der Waals surface area contributed by atoms with Crippen LogP contribution in [0.3, 0.4) is 0 Å². The summed E-state index contributed by atoms with van der Waals surface area (Å²) in [4.78, 5) is 0. The molecule has 11 heavy (non-hydrogen) atoms. The topological polar surface area (TPSA) is 32.3 Å². The van der Waals surface area contributed by atoms with Crippen LogP contribution in [0.25, 0.3) is 0 Å². The highest BCUT2D eigenvalue weighted by Gasteiger charge is 1.80. The Morgan fingerprint density at radius 1 is 1.64 bits per heavy atom. The van der Waals surface area contributed by atoms with Crippen molar-refractivity contribution in [1.29, 1.82) is 0 Å². The Balaban J connectivity index is 0.000000218. The number of anilines is 1. The summed E-state index contributed by atoms with van der Waals surface area (Å²) in [6.45, 7) is 2.25. The summed E-state index contributed by atoms with van der Waals surface area (Å²) in [5.74, 6) is 0. The van der Waals surface area contributed by atoms with Gasteiger partial charge in [-0.05, 0) is 23.9 Å². The largest absolute Gasteiger partial charge is 0.396 e. The summed E-state index contributed by atoms with van der Waals surface area (Å²) in [6, 6.07) is 4.07. The van der Waals surface area contributed by atoms with Crippen LogP contribution in [0.1, 0.15) is 13.3 Å². The fourth-order valence-corrected chi connectivity index (χ4v) is 1.000. The average molecular weight is 173 g/mol. The second kappa shape index (κ2) is 7.57. The lowest BCUT2D eigenvalue weighted by Gasteiger charge is -1.85. The van der Waals surface area contributed by atoms with Crippen molar-refractivity contribution in [2.24, 2.45) is 0 Å². The first-order valence-corrected chi connectivity index (χ1v) is 4.55. The van der Waals surface area contributed by atoms with E-state index in [9.17, 15) is 0 Å². The van der Waals surface area contributed by atoms with Gasteiger partial charge in [0.1, 0.15) is 0 Å². The second-order valence-electron chi connectivity index (χ2n) is 1.95. The molecule has 0 fully saturated rings. The number of hydrogen-bond donors (Lipinski definition) is 2. The average Bonchev–Trinajstić information content (AvgIpc) is 2.56. The minimum absolute atomic E-state index is 0.319. The zero-order chi connectivity index (χ0) is 8.53. The number of hydrogen-bond acceptors (Lipinski definition) is 3. The molecular weight excluding hydrogens is 158 g/mol. The number of thiophene rings is 1. The van der Waals surface area contributed by atoms with E-state index in [4.69, 9.17) is 5.11 Å². The first-order valence-electron chi connectivity index (χ1n) is 3.67. The number of aliphatic hydroxyl groups is 1. The van der Waals surface area contributed by atoms with Crippen LogP contribution in [-0.2, 0) is 0 Å². The Morgan fingerprint density at radius 2 is 2.27 bits per heavy atom. The predicted octanol–water partition coefficient (Wildman–Crippen LogP) is 2.18. The highest BCUT2D eigenvalue weighted by atomic mass is 32.1. The van der Waals surface area contributed by atoms with E-state index in [1.807, 2.05) is 31.5 Å². The van der Waals surface area contributed by atoms with Crippen molar-refractivity contribution in [2.45, 2.75) is 13.3 Å². The number of aliphatic hydroxyl groups excluding tert-OH is 1. The first kappa shape index (κ1) is 10.5. The molecule has 0 aromatic carbocycles. The maximum atomic E-state index is 7.88. The van der Waals surface area contributed by atoms with Crippen LogP contribution in [-0.4, -0.2) is 18.8 Å². The van der Waals surface area contributed by atoms with E-state index in [1.165, 1.54) is 5.00 Å². The molecule has 2 nitrogen and oxygen atoms in total. The Morgan fingerprint density at radius 3 is 2.45 bits per heavy atom. The van der Waals surface area contributed by atoms with Crippen molar-refractivity contribution < 1.29 is 5.11 Å². The molecule has 1 heterocycles. The molecule has 0 radical (unpaired) electrons. The summed E-state index contributed by atoms with van der Waals surface area (Å²) >= 11 is 1.71. The second-order valence-corrected chi connectivity index (χ2v) is 2.90. The van der Waals surface area contributed by atoms with Gasteiger partial charge in [0.05, 0.1) is 5.00 Å². The SMILES string of the molecule is CCCO.CNc1cccs1. The van der Waals surface area contributed by atoms with Crippen LogP contribution in [0.15, 0.2) is 17.5 Å². The van der Waals surface area contributed by atoms with Gasteiger partial charge in [0, 0.05) is 13.7 Å². The van der Waals surface area contributed by atoms with E-state index in [0.29, 0.717) is 6.61 Å². The van der Waals surface area contributed by atoms with E-state index in [1.54, 1.807) is 11.3 Å². The third kappa shape index (κ3) is 5.88. The van der Waals surface area contributed by atoms with E-state index >= 15 is 0 Å². The molecule has 3 heteroatoms. The lowest BCUT2D eigenvalue weighted by atomic mass is 10.5. The smallest absolute Gasteiger partial charge is 0.0879 e. The summed E-state index contributed by atoms with van der Waals surface area (Å²) in [5, 5.41) is 14.2. The van der Waals surface area contributed by atoms with E-state index in [0.717, 1.165) is 6.42 Å². The molecule has 0 saturated heterocycles. The Kier molecular flexibility index (Phi) is 7.19. The highest BCUT2D eigenvalue weighted by molar-refractivity contribution is 7.14. The van der Waals surface area contributed by atoms with Gasteiger partial charge >= 0.3 is 0 Å². The third-order valence-electron chi connectivity index (χ3n) is 0.991. The van der Waals surface area contributed by atoms with Crippen molar-refractivity contribution in [3.63, 3.8) is 0 Å². The van der Waals surface area contributed by atoms with E-state index in [2.05, 4.69) is 5.32 Å². The summed E-state index contributed by atoms with van der Waals surface area (Å²) < 4.78 is 0. The van der Waals surface area contributed by atoms with Crippen LogP contribution < -0.4 is 5.32 Å². The predicted molar refractivity (Wildman–Crippen MR) is 51.2 cm³/mol. The normalized spacial score (nSPS) is 8.27. The number of nitrogens with one attached hydrogen (secondary N) is 1. The van der Waals surface area contributed by atoms with Gasteiger partial charge in [-0.3, -0.25) is 0 Å². The van der Waals surface area contributed by atoms with Gasteiger partial charge in [-0.25, -0.2) is 0 Å². The van der Waals surface area contributed by atoms with Gasteiger partial charge in [-0.2, -0.15) is 0 Å².